The zero-order valence-corrected chi connectivity index (χ0v) is 19.6. The highest BCUT2D eigenvalue weighted by atomic mass is 19.1. The van der Waals surface area contributed by atoms with Gasteiger partial charge in [0.2, 0.25) is 0 Å². The predicted octanol–water partition coefficient (Wildman–Crippen LogP) is 5.95. The first-order valence-electron chi connectivity index (χ1n) is 11.3. The van der Waals surface area contributed by atoms with Crippen LogP contribution in [0.5, 0.6) is 5.75 Å². The molecule has 0 saturated carbocycles. The zero-order chi connectivity index (χ0) is 24.2. The maximum Gasteiger partial charge on any atom is 0.352 e. The second kappa shape index (κ2) is 10.1. The van der Waals surface area contributed by atoms with E-state index in [0.29, 0.717) is 24.2 Å². The summed E-state index contributed by atoms with van der Waals surface area (Å²) in [7, 11) is 1.63. The molecule has 6 heteroatoms. The van der Waals surface area contributed by atoms with Gasteiger partial charge in [0.05, 0.1) is 13.7 Å². The molecular weight excluding hydrogens is 431 g/mol. The molecule has 0 saturated heterocycles. The lowest BCUT2D eigenvalue weighted by Gasteiger charge is -2.12. The summed E-state index contributed by atoms with van der Waals surface area (Å²) in [5.74, 6) is -0.326. The first-order valence-corrected chi connectivity index (χ1v) is 11.3. The van der Waals surface area contributed by atoms with Crippen molar-refractivity contribution in [2.24, 2.45) is 0 Å². The molecule has 4 aromatic rings. The average Bonchev–Trinajstić information content (AvgIpc) is 3.13. The predicted molar refractivity (Wildman–Crippen MR) is 132 cm³/mol. The topological polar surface area (TPSA) is 63.5 Å². The van der Waals surface area contributed by atoms with Gasteiger partial charge in [-0.2, -0.15) is 0 Å². The monoisotopic (exact) mass is 460 g/mol. The smallest absolute Gasteiger partial charge is 0.352 e. The van der Waals surface area contributed by atoms with Crippen LogP contribution in [-0.2, 0) is 19.6 Å². The van der Waals surface area contributed by atoms with Crippen molar-refractivity contribution in [3.8, 4) is 5.75 Å². The Bertz CT molecular complexity index is 1330. The minimum atomic E-state index is -1.03. The highest BCUT2D eigenvalue weighted by Crippen LogP contribution is 2.31. The fourth-order valence-corrected chi connectivity index (χ4v) is 4.30. The van der Waals surface area contributed by atoms with Crippen LogP contribution < -0.4 is 10.1 Å². The molecule has 5 nitrogen and oxygen atoms in total. The number of fused-ring (bicyclic) bond motifs is 1. The summed E-state index contributed by atoms with van der Waals surface area (Å²) in [6.07, 6.45) is 0. The van der Waals surface area contributed by atoms with Crippen molar-refractivity contribution in [3.63, 3.8) is 0 Å². The van der Waals surface area contributed by atoms with E-state index in [0.717, 1.165) is 27.8 Å². The number of aromatic nitrogens is 1. The van der Waals surface area contributed by atoms with Gasteiger partial charge < -0.3 is 19.7 Å². The van der Waals surface area contributed by atoms with Gasteiger partial charge in [-0.25, -0.2) is 9.18 Å². The Morgan fingerprint density at radius 3 is 2.56 bits per heavy atom. The summed E-state index contributed by atoms with van der Waals surface area (Å²) >= 11 is 0. The lowest BCUT2D eigenvalue weighted by atomic mass is 10.0. The van der Waals surface area contributed by atoms with Crippen molar-refractivity contribution in [1.82, 2.24) is 9.88 Å². The van der Waals surface area contributed by atoms with Crippen LogP contribution in [0.15, 0.2) is 66.7 Å². The number of carbonyl (C=O) groups is 1. The van der Waals surface area contributed by atoms with Crippen molar-refractivity contribution in [1.29, 1.82) is 0 Å². The van der Waals surface area contributed by atoms with Gasteiger partial charge >= 0.3 is 5.97 Å². The third kappa shape index (κ3) is 4.82. The molecular formula is C28H29FN2O3. The minimum Gasteiger partial charge on any atom is -0.497 e. The fraction of sp³-hybridized carbons (Fsp3) is 0.250. The van der Waals surface area contributed by atoms with Gasteiger partial charge in [-0.05, 0) is 41.3 Å². The average molecular weight is 461 g/mol. The van der Waals surface area contributed by atoms with Gasteiger partial charge in [-0.1, -0.05) is 56.3 Å². The van der Waals surface area contributed by atoms with E-state index < -0.39 is 5.97 Å². The second-order valence-corrected chi connectivity index (χ2v) is 8.70. The number of carboxylic acids is 1. The van der Waals surface area contributed by atoms with Gasteiger partial charge in [0.1, 0.15) is 17.3 Å². The largest absolute Gasteiger partial charge is 0.497 e. The van der Waals surface area contributed by atoms with Crippen molar-refractivity contribution >= 4 is 16.9 Å². The Morgan fingerprint density at radius 2 is 1.85 bits per heavy atom. The summed E-state index contributed by atoms with van der Waals surface area (Å²) in [4.78, 5) is 12.5. The van der Waals surface area contributed by atoms with E-state index in [1.165, 1.54) is 6.07 Å². The number of nitrogens with one attached hydrogen (secondary N) is 1. The summed E-state index contributed by atoms with van der Waals surface area (Å²) in [6.45, 7) is 5.25. The van der Waals surface area contributed by atoms with Crippen LogP contribution in [0.1, 0.15) is 52.5 Å². The van der Waals surface area contributed by atoms with Gasteiger partial charge in [-0.15, -0.1) is 0 Å². The molecule has 176 valence electrons. The van der Waals surface area contributed by atoms with E-state index in [1.807, 2.05) is 42.5 Å². The van der Waals surface area contributed by atoms with Gasteiger partial charge in [0.15, 0.2) is 0 Å². The number of aromatic carboxylic acids is 1. The molecule has 0 aliphatic heterocycles. The zero-order valence-electron chi connectivity index (χ0n) is 19.6. The Hall–Kier alpha value is -3.64. The lowest BCUT2D eigenvalue weighted by molar-refractivity contribution is 0.0684. The highest BCUT2D eigenvalue weighted by Gasteiger charge is 2.23. The number of halogens is 1. The minimum absolute atomic E-state index is 0.141. The van der Waals surface area contributed by atoms with Crippen molar-refractivity contribution in [3.05, 3.63) is 100 Å². The van der Waals surface area contributed by atoms with Crippen LogP contribution >= 0.6 is 0 Å². The van der Waals surface area contributed by atoms with Gasteiger partial charge in [0, 0.05) is 35.1 Å². The molecule has 0 atom stereocenters. The number of methoxy groups -OCH3 is 1. The quantitative estimate of drug-likeness (QED) is 0.324. The van der Waals surface area contributed by atoms with Crippen LogP contribution in [0.4, 0.5) is 4.39 Å². The van der Waals surface area contributed by atoms with E-state index >= 15 is 0 Å². The molecule has 0 bridgehead atoms. The molecule has 1 heterocycles. The second-order valence-electron chi connectivity index (χ2n) is 8.70. The van der Waals surface area contributed by atoms with E-state index in [9.17, 15) is 14.3 Å². The number of hydrogen-bond acceptors (Lipinski definition) is 3. The first-order chi connectivity index (χ1) is 16.4. The van der Waals surface area contributed by atoms with Crippen LogP contribution in [0.2, 0.25) is 0 Å². The van der Waals surface area contributed by atoms with Crippen molar-refractivity contribution in [2.45, 2.75) is 39.4 Å². The molecule has 0 radical (unpaired) electrons. The molecule has 3 aromatic carbocycles. The first kappa shape index (κ1) is 23.5. The Balaban J connectivity index is 1.76. The Morgan fingerprint density at radius 1 is 1.06 bits per heavy atom. The SMILES string of the molecule is COc1cccc(CNCc2c(C(=O)O)n(Cc3ccccc3F)c3cc(C(C)C)ccc23)c1. The number of hydrogen-bond donors (Lipinski definition) is 2. The number of benzene rings is 3. The third-order valence-corrected chi connectivity index (χ3v) is 6.11. The number of carboxylic acid groups (broad SMARTS) is 1. The summed E-state index contributed by atoms with van der Waals surface area (Å²) in [5.41, 5.74) is 4.26. The molecule has 0 fully saturated rings. The number of ether oxygens (including phenoxy) is 1. The van der Waals surface area contributed by atoms with Crippen molar-refractivity contribution < 1.29 is 19.0 Å². The molecule has 0 spiro atoms. The summed E-state index contributed by atoms with van der Waals surface area (Å²) in [5, 5.41) is 14.4. The van der Waals surface area contributed by atoms with Crippen LogP contribution in [0, 0.1) is 5.82 Å². The maximum absolute atomic E-state index is 14.5. The standard InChI is InChI=1S/C28H29FN2O3/c1-18(2)20-11-12-23-24(16-30-15-19-7-6-9-22(13-19)34-3)27(28(32)33)31(26(23)14-20)17-21-8-4-5-10-25(21)29/h4-14,18,30H,15-17H2,1-3H3,(H,32,33). The van der Waals surface area contributed by atoms with Crippen LogP contribution in [0.25, 0.3) is 10.9 Å². The fourth-order valence-electron chi connectivity index (χ4n) is 4.30. The normalized spacial score (nSPS) is 11.3. The van der Waals surface area contributed by atoms with E-state index in [1.54, 1.807) is 29.9 Å². The molecule has 0 amide bonds. The molecule has 2 N–H and O–H groups in total. The molecule has 1 aromatic heterocycles. The van der Waals surface area contributed by atoms with Gasteiger partial charge in [-0.3, -0.25) is 0 Å². The Kier molecular flexibility index (Phi) is 6.98. The van der Waals surface area contributed by atoms with E-state index in [4.69, 9.17) is 4.74 Å². The lowest BCUT2D eigenvalue weighted by Crippen LogP contribution is -2.17. The highest BCUT2D eigenvalue weighted by molar-refractivity contribution is 5.98. The van der Waals surface area contributed by atoms with Crippen LogP contribution in [-0.4, -0.2) is 22.8 Å². The van der Waals surface area contributed by atoms with Crippen molar-refractivity contribution in [2.75, 3.05) is 7.11 Å². The van der Waals surface area contributed by atoms with E-state index in [-0.39, 0.29) is 24.0 Å². The number of rotatable bonds is 9. The van der Waals surface area contributed by atoms with E-state index in [2.05, 4.69) is 19.2 Å². The third-order valence-electron chi connectivity index (χ3n) is 6.11. The Labute approximate surface area is 198 Å². The summed E-state index contributed by atoms with van der Waals surface area (Å²) in [6, 6.07) is 20.3. The molecule has 0 aliphatic rings. The molecule has 34 heavy (non-hydrogen) atoms. The molecule has 4 rings (SSSR count). The maximum atomic E-state index is 14.5. The number of nitrogens with zero attached hydrogens (tertiary/aromatic N) is 1. The van der Waals surface area contributed by atoms with Crippen LogP contribution in [0.3, 0.4) is 0 Å². The molecule has 0 aliphatic carbocycles. The van der Waals surface area contributed by atoms with Gasteiger partial charge in [0.25, 0.3) is 0 Å². The summed E-state index contributed by atoms with van der Waals surface area (Å²) < 4.78 is 21.5. The molecule has 0 unspecified atom stereocenters.